The fourth-order valence-corrected chi connectivity index (χ4v) is 3.94. The highest BCUT2D eigenvalue weighted by Crippen LogP contribution is 2.31. The molecule has 1 fully saturated rings. The van der Waals surface area contributed by atoms with Crippen molar-refractivity contribution in [1.29, 1.82) is 0 Å². The fraction of sp³-hybridized carbons (Fsp3) is 0.438. The first-order chi connectivity index (χ1) is 10.1. The van der Waals surface area contributed by atoms with Crippen LogP contribution in [0, 0.1) is 0 Å². The Kier molecular flexibility index (Phi) is 3.97. The molecule has 1 aromatic heterocycles. The molecule has 2 aromatic rings. The van der Waals surface area contributed by atoms with Crippen LogP contribution in [0.15, 0.2) is 24.3 Å². The third-order valence-corrected chi connectivity index (χ3v) is 5.19. The van der Waals surface area contributed by atoms with E-state index in [2.05, 4.69) is 12.2 Å². The number of thiophene rings is 1. The van der Waals surface area contributed by atoms with Gasteiger partial charge >= 0.3 is 5.97 Å². The normalized spacial score (nSPS) is 22.0. The number of aromatic carboxylic acids is 1. The minimum Gasteiger partial charge on any atom is -0.477 e. The zero-order chi connectivity index (χ0) is 14.9. The molecular formula is C16H19NO3S. The monoisotopic (exact) mass is 305 g/mol. The van der Waals surface area contributed by atoms with Crippen molar-refractivity contribution in [2.24, 2.45) is 0 Å². The van der Waals surface area contributed by atoms with Gasteiger partial charge in [0.1, 0.15) is 4.88 Å². The number of benzene rings is 1. The van der Waals surface area contributed by atoms with Gasteiger partial charge in [-0.2, -0.15) is 0 Å². The van der Waals surface area contributed by atoms with Crippen LogP contribution in [0.5, 0.6) is 0 Å². The van der Waals surface area contributed by atoms with Gasteiger partial charge in [0.25, 0.3) is 0 Å². The van der Waals surface area contributed by atoms with Crippen LogP contribution in [-0.2, 0) is 11.3 Å². The lowest BCUT2D eigenvalue weighted by Gasteiger charge is -2.23. The van der Waals surface area contributed by atoms with E-state index >= 15 is 0 Å². The van der Waals surface area contributed by atoms with Gasteiger partial charge in [-0.05, 0) is 36.8 Å². The van der Waals surface area contributed by atoms with Crippen molar-refractivity contribution >= 4 is 27.4 Å². The summed E-state index contributed by atoms with van der Waals surface area (Å²) in [5, 5.41) is 13.8. The molecule has 112 valence electrons. The zero-order valence-electron chi connectivity index (χ0n) is 12.0. The molecule has 21 heavy (non-hydrogen) atoms. The Morgan fingerprint density at radius 2 is 2.29 bits per heavy atom. The van der Waals surface area contributed by atoms with E-state index in [-0.39, 0.29) is 5.60 Å². The predicted molar refractivity (Wildman–Crippen MR) is 84.1 cm³/mol. The average molecular weight is 305 g/mol. The Morgan fingerprint density at radius 3 is 3.00 bits per heavy atom. The summed E-state index contributed by atoms with van der Waals surface area (Å²) >= 11 is 1.34. The Morgan fingerprint density at radius 1 is 1.48 bits per heavy atom. The molecule has 0 saturated carbocycles. The largest absolute Gasteiger partial charge is 0.477 e. The Bertz CT molecular complexity index is 659. The van der Waals surface area contributed by atoms with Gasteiger partial charge in [0, 0.05) is 24.4 Å². The summed E-state index contributed by atoms with van der Waals surface area (Å²) < 4.78 is 6.77. The lowest BCUT2D eigenvalue weighted by atomic mass is 10.0. The number of nitrogens with one attached hydrogen (secondary N) is 1. The van der Waals surface area contributed by atoms with Crippen molar-refractivity contribution in [3.05, 3.63) is 34.7 Å². The topological polar surface area (TPSA) is 58.6 Å². The molecule has 1 atom stereocenters. The van der Waals surface area contributed by atoms with Crippen molar-refractivity contribution in [2.75, 3.05) is 13.2 Å². The molecule has 0 aliphatic carbocycles. The van der Waals surface area contributed by atoms with Crippen LogP contribution in [0.1, 0.15) is 35.0 Å². The van der Waals surface area contributed by atoms with Crippen LogP contribution in [0.25, 0.3) is 10.1 Å². The summed E-state index contributed by atoms with van der Waals surface area (Å²) in [7, 11) is 0. The smallest absolute Gasteiger partial charge is 0.346 e. The van der Waals surface area contributed by atoms with Gasteiger partial charge < -0.3 is 15.2 Å². The van der Waals surface area contributed by atoms with Crippen LogP contribution in [-0.4, -0.2) is 29.8 Å². The minimum absolute atomic E-state index is 0.116. The summed E-state index contributed by atoms with van der Waals surface area (Å²) in [6.45, 7) is 4.23. The van der Waals surface area contributed by atoms with Crippen LogP contribution in [0.3, 0.4) is 0 Å². The first kappa shape index (κ1) is 14.5. The fourth-order valence-electron chi connectivity index (χ4n) is 2.88. The molecule has 1 aromatic carbocycles. The van der Waals surface area contributed by atoms with Gasteiger partial charge in [0.15, 0.2) is 0 Å². The first-order valence-electron chi connectivity index (χ1n) is 7.17. The second kappa shape index (κ2) is 5.75. The molecule has 1 saturated heterocycles. The van der Waals surface area contributed by atoms with Crippen LogP contribution in [0.2, 0.25) is 0 Å². The number of hydrogen-bond donors (Lipinski definition) is 2. The molecule has 2 heterocycles. The summed E-state index contributed by atoms with van der Waals surface area (Å²) in [4.78, 5) is 11.9. The molecule has 0 spiro atoms. The average Bonchev–Trinajstić information content (AvgIpc) is 3.04. The van der Waals surface area contributed by atoms with Gasteiger partial charge in [-0.15, -0.1) is 11.3 Å². The molecule has 5 heteroatoms. The highest BCUT2D eigenvalue weighted by molar-refractivity contribution is 7.21. The number of fused-ring (bicyclic) bond motifs is 1. The SMILES string of the molecule is CC1(CNCc2c(C(=O)O)sc3ccccc23)CCCO1. The van der Waals surface area contributed by atoms with Gasteiger partial charge in [-0.3, -0.25) is 0 Å². The lowest BCUT2D eigenvalue weighted by molar-refractivity contribution is 0.0207. The molecular weight excluding hydrogens is 286 g/mol. The summed E-state index contributed by atoms with van der Waals surface area (Å²) in [6.07, 6.45) is 2.15. The minimum atomic E-state index is -0.851. The number of carboxylic acids is 1. The lowest BCUT2D eigenvalue weighted by Crippen LogP contribution is -2.36. The van der Waals surface area contributed by atoms with Crippen molar-refractivity contribution in [1.82, 2.24) is 5.32 Å². The van der Waals surface area contributed by atoms with Gasteiger partial charge in [-0.1, -0.05) is 18.2 Å². The Labute approximate surface area is 127 Å². The van der Waals surface area contributed by atoms with Crippen LogP contribution in [0.4, 0.5) is 0 Å². The van der Waals surface area contributed by atoms with E-state index in [0.29, 0.717) is 11.4 Å². The van der Waals surface area contributed by atoms with E-state index in [1.807, 2.05) is 24.3 Å². The van der Waals surface area contributed by atoms with Crippen LogP contribution < -0.4 is 5.32 Å². The molecule has 3 rings (SSSR count). The van der Waals surface area contributed by atoms with Crippen molar-refractivity contribution < 1.29 is 14.6 Å². The van der Waals surface area contributed by atoms with Gasteiger partial charge in [0.05, 0.1) is 5.60 Å². The van der Waals surface area contributed by atoms with Crippen molar-refractivity contribution in [2.45, 2.75) is 31.9 Å². The molecule has 1 aliphatic rings. The number of hydrogen-bond acceptors (Lipinski definition) is 4. The maximum Gasteiger partial charge on any atom is 0.346 e. The molecule has 0 radical (unpaired) electrons. The van der Waals surface area contributed by atoms with Crippen molar-refractivity contribution in [3.8, 4) is 0 Å². The third kappa shape index (κ3) is 2.95. The number of carbonyl (C=O) groups is 1. The molecule has 1 aliphatic heterocycles. The molecule has 2 N–H and O–H groups in total. The van der Waals surface area contributed by atoms with E-state index < -0.39 is 5.97 Å². The third-order valence-electron chi connectivity index (χ3n) is 3.99. The summed E-state index contributed by atoms with van der Waals surface area (Å²) in [5.74, 6) is -0.851. The maximum atomic E-state index is 11.4. The quantitative estimate of drug-likeness (QED) is 0.890. The van der Waals surface area contributed by atoms with E-state index in [1.54, 1.807) is 0 Å². The standard InChI is InChI=1S/C16H19NO3S/c1-16(7-4-8-20-16)10-17-9-12-11-5-2-3-6-13(11)21-14(12)15(18)19/h2-3,5-6,17H,4,7-10H2,1H3,(H,18,19). The second-order valence-electron chi connectivity index (χ2n) is 5.72. The molecule has 4 nitrogen and oxygen atoms in total. The highest BCUT2D eigenvalue weighted by Gasteiger charge is 2.29. The highest BCUT2D eigenvalue weighted by atomic mass is 32.1. The van der Waals surface area contributed by atoms with E-state index in [9.17, 15) is 9.90 Å². The van der Waals surface area contributed by atoms with E-state index in [0.717, 1.165) is 41.6 Å². The molecule has 1 unspecified atom stereocenters. The van der Waals surface area contributed by atoms with Crippen molar-refractivity contribution in [3.63, 3.8) is 0 Å². The van der Waals surface area contributed by atoms with E-state index in [1.165, 1.54) is 11.3 Å². The van der Waals surface area contributed by atoms with Crippen LogP contribution >= 0.6 is 11.3 Å². The number of ether oxygens (including phenoxy) is 1. The maximum absolute atomic E-state index is 11.4. The molecule has 0 amide bonds. The number of carboxylic acid groups (broad SMARTS) is 1. The Balaban J connectivity index is 1.79. The summed E-state index contributed by atoms with van der Waals surface area (Å²) in [6, 6.07) is 7.85. The summed E-state index contributed by atoms with van der Waals surface area (Å²) in [5.41, 5.74) is 0.763. The number of rotatable bonds is 5. The second-order valence-corrected chi connectivity index (χ2v) is 6.77. The zero-order valence-corrected chi connectivity index (χ0v) is 12.8. The Hall–Kier alpha value is -1.43. The van der Waals surface area contributed by atoms with E-state index in [4.69, 9.17) is 4.74 Å². The van der Waals surface area contributed by atoms with Gasteiger partial charge in [0.2, 0.25) is 0 Å². The van der Waals surface area contributed by atoms with Gasteiger partial charge in [-0.25, -0.2) is 4.79 Å². The first-order valence-corrected chi connectivity index (χ1v) is 7.99. The predicted octanol–water partition coefficient (Wildman–Crippen LogP) is 3.26. The molecule has 0 bridgehead atoms.